The van der Waals surface area contributed by atoms with Gasteiger partial charge in [-0.2, -0.15) is 0 Å². The molecule has 0 fully saturated rings. The molecule has 0 amide bonds. The zero-order chi connectivity index (χ0) is 15.7. The van der Waals surface area contributed by atoms with E-state index in [1.54, 1.807) is 18.2 Å². The number of hydrogen-bond acceptors (Lipinski definition) is 1. The quantitative estimate of drug-likeness (QED) is 0.781. The van der Waals surface area contributed by atoms with E-state index in [2.05, 4.69) is 6.92 Å². The number of halogens is 1. The summed E-state index contributed by atoms with van der Waals surface area (Å²) in [7, 11) is 0. The van der Waals surface area contributed by atoms with Crippen LogP contribution in [0.5, 0.6) is 0 Å². The van der Waals surface area contributed by atoms with Crippen molar-refractivity contribution in [1.29, 1.82) is 0 Å². The van der Waals surface area contributed by atoms with Crippen molar-refractivity contribution in [3.8, 4) is 0 Å². The minimum Gasteiger partial charge on any atom is -0.290 e. The second-order valence-corrected chi connectivity index (χ2v) is 6.27. The summed E-state index contributed by atoms with van der Waals surface area (Å²) < 4.78 is 15.4. The molecule has 0 heterocycles. The summed E-state index contributed by atoms with van der Waals surface area (Å²) in [5.41, 5.74) is 2.19. The summed E-state index contributed by atoms with van der Waals surface area (Å²) in [6, 6.07) is 13.0. The monoisotopic (exact) mass is 296 g/mol. The third kappa shape index (κ3) is 2.47. The molecule has 0 aromatic heterocycles. The van der Waals surface area contributed by atoms with Gasteiger partial charge in [-0.1, -0.05) is 61.4 Å². The lowest BCUT2D eigenvalue weighted by atomic mass is 9.90. The first kappa shape index (κ1) is 15.0. The zero-order valence-electron chi connectivity index (χ0n) is 13.2. The van der Waals surface area contributed by atoms with Gasteiger partial charge in [0, 0.05) is 12.0 Å². The number of carbonyl (C=O) groups is 1. The molecule has 0 unspecified atom stereocenters. The first-order valence-electron chi connectivity index (χ1n) is 7.97. The van der Waals surface area contributed by atoms with Gasteiger partial charge >= 0.3 is 0 Å². The van der Waals surface area contributed by atoms with E-state index in [9.17, 15) is 4.79 Å². The summed E-state index contributed by atoms with van der Waals surface area (Å²) in [6.45, 7) is 4.12. The van der Waals surface area contributed by atoms with Crippen molar-refractivity contribution < 1.29 is 9.18 Å². The molecular formula is C20H21FO. The molecule has 2 aromatic carbocycles. The maximum Gasteiger partial charge on any atom is 0.205 e. The van der Waals surface area contributed by atoms with Crippen LogP contribution in [-0.2, 0) is 18.5 Å². The van der Waals surface area contributed by atoms with Crippen LogP contribution in [0.3, 0.4) is 0 Å². The topological polar surface area (TPSA) is 17.1 Å². The van der Waals surface area contributed by atoms with Gasteiger partial charge in [-0.15, -0.1) is 0 Å². The van der Waals surface area contributed by atoms with E-state index < -0.39 is 11.5 Å². The van der Waals surface area contributed by atoms with Gasteiger partial charge in [0.05, 0.1) is 0 Å². The molecule has 0 radical (unpaired) electrons. The molecule has 0 saturated heterocycles. The number of alkyl halides is 1. The van der Waals surface area contributed by atoms with Crippen LogP contribution in [0.2, 0.25) is 0 Å². The van der Waals surface area contributed by atoms with Gasteiger partial charge in [0.15, 0.2) is 0 Å². The molecule has 1 atom stereocenters. The predicted molar refractivity (Wildman–Crippen MR) is 87.1 cm³/mol. The average Bonchev–Trinajstić information content (AvgIpc) is 2.77. The van der Waals surface area contributed by atoms with Crippen LogP contribution in [-0.4, -0.2) is 5.78 Å². The minimum absolute atomic E-state index is 0.150. The van der Waals surface area contributed by atoms with Crippen LogP contribution in [0, 0.1) is 6.92 Å². The van der Waals surface area contributed by atoms with Gasteiger partial charge in [0.1, 0.15) is 0 Å². The number of fused-ring (bicyclic) bond motifs is 1. The number of unbranched alkanes of at least 4 members (excludes halogenated alkanes) is 1. The smallest absolute Gasteiger partial charge is 0.205 e. The highest BCUT2D eigenvalue weighted by molar-refractivity contribution is 6.07. The van der Waals surface area contributed by atoms with E-state index in [0.29, 0.717) is 11.1 Å². The Bertz CT molecular complexity index is 702. The van der Waals surface area contributed by atoms with Crippen molar-refractivity contribution in [3.05, 3.63) is 70.3 Å². The third-order valence-corrected chi connectivity index (χ3v) is 4.53. The Hall–Kier alpha value is -1.96. The molecule has 0 N–H and O–H groups in total. The molecule has 0 spiro atoms. The summed E-state index contributed by atoms with van der Waals surface area (Å²) in [4.78, 5) is 12.5. The lowest BCUT2D eigenvalue weighted by Gasteiger charge is -2.18. The SMILES string of the molecule is CCCCc1ccc([C@]2(F)Cc3cc(C)ccc3C2=O)cc1. The van der Waals surface area contributed by atoms with Crippen molar-refractivity contribution in [3.63, 3.8) is 0 Å². The molecule has 1 nitrogen and oxygen atoms in total. The third-order valence-electron chi connectivity index (χ3n) is 4.53. The fourth-order valence-corrected chi connectivity index (χ4v) is 3.20. The molecule has 22 heavy (non-hydrogen) atoms. The van der Waals surface area contributed by atoms with E-state index in [-0.39, 0.29) is 6.42 Å². The minimum atomic E-state index is -1.90. The molecule has 0 bridgehead atoms. The summed E-state index contributed by atoms with van der Waals surface area (Å²) in [5, 5.41) is 0. The van der Waals surface area contributed by atoms with Crippen molar-refractivity contribution in [2.24, 2.45) is 0 Å². The van der Waals surface area contributed by atoms with Gasteiger partial charge in [-0.3, -0.25) is 4.79 Å². The fraction of sp³-hybridized carbons (Fsp3) is 0.350. The Morgan fingerprint density at radius 3 is 2.55 bits per heavy atom. The second-order valence-electron chi connectivity index (χ2n) is 6.27. The van der Waals surface area contributed by atoms with E-state index in [0.717, 1.165) is 30.4 Å². The van der Waals surface area contributed by atoms with Crippen molar-refractivity contribution in [2.75, 3.05) is 0 Å². The van der Waals surface area contributed by atoms with Crippen LogP contribution in [0.4, 0.5) is 4.39 Å². The Kier molecular flexibility index (Phi) is 3.86. The van der Waals surface area contributed by atoms with Gasteiger partial charge in [0.25, 0.3) is 0 Å². The maximum atomic E-state index is 15.4. The maximum absolute atomic E-state index is 15.4. The first-order valence-corrected chi connectivity index (χ1v) is 7.97. The van der Waals surface area contributed by atoms with Crippen molar-refractivity contribution >= 4 is 5.78 Å². The average molecular weight is 296 g/mol. The Morgan fingerprint density at radius 1 is 1.14 bits per heavy atom. The molecule has 3 rings (SSSR count). The number of hydrogen-bond donors (Lipinski definition) is 0. The number of ketones is 1. The summed E-state index contributed by atoms with van der Waals surface area (Å²) >= 11 is 0. The van der Waals surface area contributed by atoms with Gasteiger partial charge < -0.3 is 0 Å². The van der Waals surface area contributed by atoms with Crippen molar-refractivity contribution in [2.45, 2.75) is 45.2 Å². The van der Waals surface area contributed by atoms with Gasteiger partial charge in [-0.05, 0) is 36.5 Å². The predicted octanol–water partition coefficient (Wildman–Crippen LogP) is 4.94. The van der Waals surface area contributed by atoms with Crippen LogP contribution < -0.4 is 0 Å². The highest BCUT2D eigenvalue weighted by atomic mass is 19.1. The molecule has 114 valence electrons. The van der Waals surface area contributed by atoms with Gasteiger partial charge in [-0.25, -0.2) is 4.39 Å². The second kappa shape index (κ2) is 5.68. The normalized spacial score (nSPS) is 20.2. The highest BCUT2D eigenvalue weighted by Gasteiger charge is 2.47. The number of benzene rings is 2. The van der Waals surface area contributed by atoms with Crippen molar-refractivity contribution in [1.82, 2.24) is 0 Å². The number of carbonyl (C=O) groups excluding carboxylic acids is 1. The number of rotatable bonds is 4. The van der Waals surface area contributed by atoms with E-state index in [1.165, 1.54) is 5.56 Å². The van der Waals surface area contributed by atoms with E-state index in [1.807, 2.05) is 31.2 Å². The molecule has 0 aliphatic heterocycles. The van der Waals surface area contributed by atoms with Crippen LogP contribution >= 0.6 is 0 Å². The molecular weight excluding hydrogens is 275 g/mol. The van der Waals surface area contributed by atoms with Gasteiger partial charge in [0.2, 0.25) is 11.5 Å². The molecule has 1 aliphatic rings. The van der Waals surface area contributed by atoms with Crippen LogP contribution in [0.25, 0.3) is 0 Å². The van der Waals surface area contributed by atoms with E-state index >= 15 is 4.39 Å². The number of Topliss-reactive ketones (excluding diaryl/α,β-unsaturated/α-hetero) is 1. The standard InChI is InChI=1S/C20H21FO/c1-3-4-5-15-7-9-17(10-8-15)20(21)13-16-12-14(2)6-11-18(16)19(20)22/h6-12H,3-5,13H2,1-2H3/t20-/m1/s1. The lowest BCUT2D eigenvalue weighted by molar-refractivity contribution is 0.0716. The van der Waals surface area contributed by atoms with Crippen LogP contribution in [0.15, 0.2) is 42.5 Å². The molecule has 2 heteroatoms. The Balaban J connectivity index is 1.90. The molecule has 1 aliphatic carbocycles. The Labute approximate surface area is 131 Å². The number of aryl methyl sites for hydroxylation is 2. The fourth-order valence-electron chi connectivity index (χ4n) is 3.20. The molecule has 2 aromatic rings. The van der Waals surface area contributed by atoms with Crippen LogP contribution in [0.1, 0.15) is 52.4 Å². The first-order chi connectivity index (χ1) is 10.5. The molecule has 0 saturated carbocycles. The lowest BCUT2D eigenvalue weighted by Crippen LogP contribution is -2.27. The Morgan fingerprint density at radius 2 is 1.86 bits per heavy atom. The summed E-state index contributed by atoms with van der Waals surface area (Å²) in [6.07, 6.45) is 3.42. The highest BCUT2D eigenvalue weighted by Crippen LogP contribution is 2.41. The largest absolute Gasteiger partial charge is 0.290 e. The zero-order valence-corrected chi connectivity index (χ0v) is 13.2. The summed E-state index contributed by atoms with van der Waals surface area (Å²) in [5.74, 6) is -0.399. The van der Waals surface area contributed by atoms with E-state index in [4.69, 9.17) is 0 Å².